The van der Waals surface area contributed by atoms with E-state index in [1.807, 2.05) is 0 Å². The normalized spacial score (nSPS) is 16.8. The van der Waals surface area contributed by atoms with Gasteiger partial charge in [-0.15, -0.1) is 0 Å². The van der Waals surface area contributed by atoms with E-state index in [9.17, 15) is 18.3 Å². The molecule has 0 spiro atoms. The van der Waals surface area contributed by atoms with Crippen molar-refractivity contribution in [3.05, 3.63) is 0 Å². The van der Waals surface area contributed by atoms with Crippen molar-refractivity contribution in [3.8, 4) is 0 Å². The van der Waals surface area contributed by atoms with Crippen LogP contribution in [0.2, 0.25) is 0 Å². The Hall–Kier alpha value is -0.660. The Morgan fingerprint density at radius 3 is 2.06 bits per heavy atom. The molecule has 0 bridgehead atoms. The number of aliphatic carboxylic acids is 1. The molecule has 16 heavy (non-hydrogen) atoms. The van der Waals surface area contributed by atoms with E-state index in [0.29, 0.717) is 0 Å². The smallest absolute Gasteiger partial charge is 0.264 e. The van der Waals surface area contributed by atoms with E-state index >= 15 is 0 Å². The third-order valence-electron chi connectivity index (χ3n) is 2.99. The zero-order chi connectivity index (χ0) is 13.2. The lowest BCUT2D eigenvalue weighted by Crippen LogP contribution is -2.64. The molecule has 0 saturated heterocycles. The number of carbonyl (C=O) groups excluding carboxylic acids is 1. The van der Waals surface area contributed by atoms with Crippen molar-refractivity contribution < 1.29 is 27.4 Å². The molecule has 1 atom stereocenters. The van der Waals surface area contributed by atoms with Crippen molar-refractivity contribution in [1.29, 1.82) is 0 Å². The van der Waals surface area contributed by atoms with Crippen molar-refractivity contribution >= 4 is 16.1 Å². The Morgan fingerprint density at radius 1 is 1.38 bits per heavy atom. The van der Waals surface area contributed by atoms with Gasteiger partial charge in [0.05, 0.1) is 26.9 Å². The van der Waals surface area contributed by atoms with Crippen molar-refractivity contribution in [2.45, 2.75) is 25.3 Å². The first-order chi connectivity index (χ1) is 6.90. The molecule has 0 saturated carbocycles. The number of hydrogen-bond acceptors (Lipinski definition) is 4. The third kappa shape index (κ3) is 4.07. The number of carbonyl (C=O) groups is 1. The minimum absolute atomic E-state index is 0.0822. The summed E-state index contributed by atoms with van der Waals surface area (Å²) in [6.45, 7) is 1.51. The molecule has 0 radical (unpaired) electrons. The van der Waals surface area contributed by atoms with Gasteiger partial charge in [0.15, 0.2) is 0 Å². The van der Waals surface area contributed by atoms with Gasteiger partial charge in [-0.1, -0.05) is 0 Å². The second-order valence-electron chi connectivity index (χ2n) is 4.96. The van der Waals surface area contributed by atoms with Crippen LogP contribution in [0.3, 0.4) is 0 Å². The zero-order valence-corrected chi connectivity index (χ0v) is 10.9. The van der Waals surface area contributed by atoms with Gasteiger partial charge in [-0.2, -0.15) is 8.42 Å². The Morgan fingerprint density at radius 2 is 1.81 bits per heavy atom. The number of likely N-dealkylation sites (N-methyl/N-ethyl adjacent to an activating group) is 1. The summed E-state index contributed by atoms with van der Waals surface area (Å²) in [6, 6.07) is 0. The number of carboxylic acids is 1. The summed E-state index contributed by atoms with van der Waals surface area (Å²) >= 11 is 0. The maximum atomic E-state index is 11.1. The number of quaternary nitrogens is 1. The second-order valence-corrected chi connectivity index (χ2v) is 6.54. The number of nitrogens with zero attached hydrogens (tertiary/aromatic N) is 1. The van der Waals surface area contributed by atoms with E-state index in [2.05, 4.69) is 0 Å². The standard InChI is InChI=1S/C9H19NO5S/c1-9(8(11)12,10(2,3)4)6-5-7-16(13,14)15/h5-7H2,1-4H3,(H-,11,12,13,14,15). The molecule has 0 rings (SSSR count). The first-order valence-corrected chi connectivity index (χ1v) is 6.49. The van der Waals surface area contributed by atoms with Gasteiger partial charge in [0.1, 0.15) is 11.5 Å². The Balaban J connectivity index is 4.68. The maximum Gasteiger partial charge on any atom is 0.264 e. The molecule has 7 heteroatoms. The number of carboxylic acid groups (broad SMARTS) is 1. The quantitative estimate of drug-likeness (QED) is 0.477. The minimum Gasteiger partial charge on any atom is -0.544 e. The molecule has 6 nitrogen and oxygen atoms in total. The molecule has 0 aromatic heterocycles. The summed E-state index contributed by atoms with van der Waals surface area (Å²) in [4.78, 5) is 11.1. The monoisotopic (exact) mass is 253 g/mol. The molecule has 0 aromatic carbocycles. The first kappa shape index (κ1) is 15.3. The molecule has 0 aliphatic heterocycles. The molecular weight excluding hydrogens is 234 g/mol. The van der Waals surface area contributed by atoms with Gasteiger partial charge in [-0.3, -0.25) is 4.55 Å². The van der Waals surface area contributed by atoms with E-state index in [-0.39, 0.29) is 17.3 Å². The summed E-state index contributed by atoms with van der Waals surface area (Å²) in [6.07, 6.45) is 0.206. The van der Waals surface area contributed by atoms with Crippen LogP contribution >= 0.6 is 0 Å². The molecule has 0 fully saturated rings. The van der Waals surface area contributed by atoms with Crippen LogP contribution in [0.1, 0.15) is 19.8 Å². The molecule has 0 aliphatic carbocycles. The second kappa shape index (κ2) is 4.68. The van der Waals surface area contributed by atoms with Crippen LogP contribution in [-0.4, -0.2) is 55.9 Å². The summed E-state index contributed by atoms with van der Waals surface area (Å²) < 4.78 is 29.7. The van der Waals surface area contributed by atoms with E-state index in [1.54, 1.807) is 21.1 Å². The van der Waals surface area contributed by atoms with Crippen molar-refractivity contribution in [3.63, 3.8) is 0 Å². The fourth-order valence-electron chi connectivity index (χ4n) is 1.31. The summed E-state index contributed by atoms with van der Waals surface area (Å²) in [5, 5.41) is 11.1. The van der Waals surface area contributed by atoms with Crippen molar-refractivity contribution in [1.82, 2.24) is 0 Å². The van der Waals surface area contributed by atoms with Gasteiger partial charge in [0.2, 0.25) is 0 Å². The van der Waals surface area contributed by atoms with Crippen molar-refractivity contribution in [2.24, 2.45) is 0 Å². The molecule has 0 aliphatic rings. The molecular formula is C9H19NO5S. The van der Waals surface area contributed by atoms with Gasteiger partial charge in [-0.25, -0.2) is 0 Å². The number of rotatable bonds is 6. The van der Waals surface area contributed by atoms with Crippen LogP contribution in [0.5, 0.6) is 0 Å². The molecule has 96 valence electrons. The van der Waals surface area contributed by atoms with Gasteiger partial charge < -0.3 is 14.4 Å². The lowest BCUT2D eigenvalue weighted by atomic mass is 9.93. The third-order valence-corrected chi connectivity index (χ3v) is 3.79. The van der Waals surface area contributed by atoms with Gasteiger partial charge in [0, 0.05) is 6.42 Å². The summed E-state index contributed by atoms with van der Waals surface area (Å²) in [5.74, 6) is -1.66. The van der Waals surface area contributed by atoms with Gasteiger partial charge in [-0.05, 0) is 13.3 Å². The molecule has 0 aromatic rings. The minimum atomic E-state index is -4.04. The highest BCUT2D eigenvalue weighted by atomic mass is 32.2. The fraction of sp³-hybridized carbons (Fsp3) is 0.889. The van der Waals surface area contributed by atoms with Crippen LogP contribution in [0, 0.1) is 0 Å². The van der Waals surface area contributed by atoms with E-state index in [0.717, 1.165) is 0 Å². The summed E-state index contributed by atoms with van der Waals surface area (Å²) in [5.41, 5.74) is -1.18. The van der Waals surface area contributed by atoms with Gasteiger partial charge >= 0.3 is 0 Å². The Bertz CT molecular complexity index is 357. The zero-order valence-electron chi connectivity index (χ0n) is 10.1. The first-order valence-electron chi connectivity index (χ1n) is 4.88. The summed E-state index contributed by atoms with van der Waals surface area (Å²) in [7, 11) is 1.05. The van der Waals surface area contributed by atoms with Crippen LogP contribution < -0.4 is 5.11 Å². The van der Waals surface area contributed by atoms with Crippen molar-refractivity contribution in [2.75, 3.05) is 26.9 Å². The van der Waals surface area contributed by atoms with Gasteiger partial charge in [0.25, 0.3) is 10.1 Å². The maximum absolute atomic E-state index is 11.1. The fourth-order valence-corrected chi connectivity index (χ4v) is 1.82. The topological polar surface area (TPSA) is 94.5 Å². The lowest BCUT2D eigenvalue weighted by Gasteiger charge is -2.44. The average molecular weight is 253 g/mol. The largest absolute Gasteiger partial charge is 0.544 e. The highest BCUT2D eigenvalue weighted by molar-refractivity contribution is 7.85. The van der Waals surface area contributed by atoms with Crippen LogP contribution in [0.15, 0.2) is 0 Å². The van der Waals surface area contributed by atoms with Crippen LogP contribution in [0.25, 0.3) is 0 Å². The molecule has 0 heterocycles. The highest BCUT2D eigenvalue weighted by Gasteiger charge is 2.39. The SMILES string of the molecule is CC(CCCS(=O)(=O)O)(C(=O)[O-])[N+](C)(C)C. The average Bonchev–Trinajstić information content (AvgIpc) is 1.98. The Kier molecular flexibility index (Phi) is 4.49. The van der Waals surface area contributed by atoms with E-state index in [1.165, 1.54) is 6.92 Å². The van der Waals surface area contributed by atoms with Crippen LogP contribution in [0.4, 0.5) is 0 Å². The number of hydrogen-bond donors (Lipinski definition) is 1. The van der Waals surface area contributed by atoms with E-state index in [4.69, 9.17) is 4.55 Å². The molecule has 1 unspecified atom stereocenters. The Labute approximate surface area is 96.2 Å². The predicted molar refractivity (Wildman–Crippen MR) is 57.1 cm³/mol. The highest BCUT2D eigenvalue weighted by Crippen LogP contribution is 2.23. The molecule has 0 amide bonds. The lowest BCUT2D eigenvalue weighted by molar-refractivity contribution is -0.914. The van der Waals surface area contributed by atoms with Crippen LogP contribution in [-0.2, 0) is 14.9 Å². The van der Waals surface area contributed by atoms with E-state index < -0.39 is 27.4 Å². The molecule has 1 N–H and O–H groups in total. The predicted octanol–water partition coefficient (Wildman–Crippen LogP) is -1.13.